The molecule has 2 heteroatoms. The van der Waals surface area contributed by atoms with Gasteiger partial charge in [0.05, 0.1) is 5.41 Å². The van der Waals surface area contributed by atoms with Gasteiger partial charge in [-0.05, 0) is 121 Å². The third-order valence-electron chi connectivity index (χ3n) is 14.6. The van der Waals surface area contributed by atoms with Gasteiger partial charge in [-0.2, -0.15) is 0 Å². The molecule has 2 aliphatic carbocycles. The number of anilines is 3. The number of fused-ring (bicyclic) bond motifs is 9. The minimum atomic E-state index is -0.625. The maximum absolute atomic E-state index is 6.87. The number of rotatable bonds is 7. The lowest BCUT2D eigenvalue weighted by Gasteiger charge is -2.34. The fraction of sp³-hybridized carbons (Fsp3) is 0.0625. The number of hydrogen-bond donors (Lipinski definition) is 0. The molecule has 0 radical (unpaired) electrons. The second kappa shape index (κ2) is 14.7. The maximum atomic E-state index is 6.87. The van der Waals surface area contributed by atoms with Crippen molar-refractivity contribution in [1.82, 2.24) is 0 Å². The predicted octanol–water partition coefficient (Wildman–Crippen LogP) is 17.1. The van der Waals surface area contributed by atoms with Gasteiger partial charge >= 0.3 is 0 Å². The first-order valence-corrected chi connectivity index (χ1v) is 23.0. The molecule has 0 fully saturated rings. The largest absolute Gasteiger partial charge is 0.456 e. The normalized spacial score (nSPS) is 15.3. The molecule has 2 nitrogen and oxygen atoms in total. The summed E-state index contributed by atoms with van der Waals surface area (Å²) in [7, 11) is 0. The van der Waals surface area contributed by atoms with Crippen molar-refractivity contribution < 1.29 is 4.42 Å². The van der Waals surface area contributed by atoms with E-state index >= 15 is 0 Å². The van der Waals surface area contributed by atoms with Crippen molar-refractivity contribution in [3.63, 3.8) is 0 Å². The van der Waals surface area contributed by atoms with Crippen molar-refractivity contribution in [3.8, 4) is 44.5 Å². The predicted molar refractivity (Wildman–Crippen MR) is 274 cm³/mol. The summed E-state index contributed by atoms with van der Waals surface area (Å²) in [6.07, 6.45) is 0. The van der Waals surface area contributed by atoms with Crippen LogP contribution in [-0.2, 0) is 10.8 Å². The Morgan fingerprint density at radius 3 is 1.58 bits per heavy atom. The Balaban J connectivity index is 0.960. The number of para-hydroxylation sites is 2. The molecule has 1 atom stereocenters. The number of nitrogens with zero attached hydrogens (tertiary/aromatic N) is 1. The number of hydrogen-bond acceptors (Lipinski definition) is 2. The third-order valence-corrected chi connectivity index (χ3v) is 14.6. The molecule has 0 N–H and O–H groups in total. The Kier molecular flexibility index (Phi) is 8.51. The molecule has 1 heterocycles. The molecule has 10 aromatic carbocycles. The molecule has 0 amide bonds. The van der Waals surface area contributed by atoms with Crippen molar-refractivity contribution in [1.29, 1.82) is 0 Å². The summed E-state index contributed by atoms with van der Waals surface area (Å²) in [4.78, 5) is 2.41. The van der Waals surface area contributed by atoms with Crippen molar-refractivity contribution >= 4 is 39.0 Å². The maximum Gasteiger partial charge on any atom is 0.140 e. The number of benzene rings is 10. The van der Waals surface area contributed by atoms with Crippen LogP contribution in [0.25, 0.3) is 66.4 Å². The van der Waals surface area contributed by atoms with Gasteiger partial charge in [0.2, 0.25) is 0 Å². The van der Waals surface area contributed by atoms with Crippen LogP contribution in [0.1, 0.15) is 47.2 Å². The zero-order valence-electron chi connectivity index (χ0n) is 36.9. The topological polar surface area (TPSA) is 16.4 Å². The smallest absolute Gasteiger partial charge is 0.140 e. The summed E-state index contributed by atoms with van der Waals surface area (Å²) >= 11 is 0. The zero-order chi connectivity index (χ0) is 44.0. The van der Waals surface area contributed by atoms with E-state index < -0.39 is 5.41 Å². The highest BCUT2D eigenvalue weighted by Gasteiger charge is 2.48. The van der Waals surface area contributed by atoms with E-state index in [0.717, 1.165) is 50.1 Å². The van der Waals surface area contributed by atoms with Crippen molar-refractivity contribution in [2.45, 2.75) is 24.7 Å². The van der Waals surface area contributed by atoms with Gasteiger partial charge in [0, 0.05) is 38.8 Å². The van der Waals surface area contributed by atoms with Gasteiger partial charge in [0.25, 0.3) is 0 Å². The van der Waals surface area contributed by atoms with Crippen molar-refractivity contribution in [2.75, 3.05) is 4.90 Å². The third kappa shape index (κ3) is 5.61. The average Bonchev–Trinajstić information content (AvgIpc) is 3.99. The van der Waals surface area contributed by atoms with E-state index in [0.29, 0.717) is 0 Å². The molecule has 0 spiro atoms. The second-order valence-electron chi connectivity index (χ2n) is 18.4. The van der Waals surface area contributed by atoms with Gasteiger partial charge in [-0.3, -0.25) is 0 Å². The second-order valence-corrected chi connectivity index (χ2v) is 18.4. The van der Waals surface area contributed by atoms with Crippen LogP contribution in [0.2, 0.25) is 0 Å². The molecule has 0 aliphatic heterocycles. The van der Waals surface area contributed by atoms with Gasteiger partial charge in [-0.25, -0.2) is 0 Å². The monoisotopic (exact) mass is 843 g/mol. The first kappa shape index (κ1) is 38.3. The Hall–Kier alpha value is -8.20. The van der Waals surface area contributed by atoms with Crippen LogP contribution in [-0.4, -0.2) is 0 Å². The molecule has 2 aliphatic rings. The van der Waals surface area contributed by atoms with Crippen LogP contribution in [0.15, 0.2) is 241 Å². The summed E-state index contributed by atoms with van der Waals surface area (Å²) < 4.78 is 6.87. The van der Waals surface area contributed by atoms with Crippen LogP contribution >= 0.6 is 0 Å². The molecule has 0 bridgehead atoms. The fourth-order valence-corrected chi connectivity index (χ4v) is 11.5. The molecule has 1 unspecified atom stereocenters. The average molecular weight is 844 g/mol. The Bertz CT molecular complexity index is 3660. The van der Waals surface area contributed by atoms with E-state index in [-0.39, 0.29) is 5.41 Å². The van der Waals surface area contributed by atoms with E-state index in [2.05, 4.69) is 255 Å². The highest BCUT2D eigenvalue weighted by atomic mass is 16.3. The SMILES string of the molecule is CC1(C)c2ccccc2-c2ccc(N(c3ccc(-c4ccccc4)cc3)c3ccc(-c4ccc5c(c4)C(c4ccccc4)(c4cccc6c4oc4ccccc46)c4ccccc4-5)cc3)cc21. The lowest BCUT2D eigenvalue weighted by atomic mass is 9.67. The molecule has 11 aromatic rings. The van der Waals surface area contributed by atoms with Crippen LogP contribution in [0.4, 0.5) is 17.1 Å². The summed E-state index contributed by atoms with van der Waals surface area (Å²) in [6, 6.07) is 86.8. The minimum absolute atomic E-state index is 0.118. The fourth-order valence-electron chi connectivity index (χ4n) is 11.5. The first-order valence-electron chi connectivity index (χ1n) is 23.0. The van der Waals surface area contributed by atoms with Crippen molar-refractivity contribution in [2.24, 2.45) is 0 Å². The van der Waals surface area contributed by atoms with E-state index in [4.69, 9.17) is 4.42 Å². The molecular weight excluding hydrogens is 799 g/mol. The summed E-state index contributed by atoms with van der Waals surface area (Å²) in [5.74, 6) is 0. The molecule has 1 aromatic heterocycles. The minimum Gasteiger partial charge on any atom is -0.456 e. The molecule has 0 saturated carbocycles. The van der Waals surface area contributed by atoms with Crippen LogP contribution in [0.5, 0.6) is 0 Å². The van der Waals surface area contributed by atoms with Gasteiger partial charge in [0.1, 0.15) is 11.2 Å². The highest BCUT2D eigenvalue weighted by molar-refractivity contribution is 6.07. The standard InChI is InChI=1S/C64H45NO/c1-63(2)56-24-12-9-20-50(56)52-39-37-49(41-59(52)63)65(47-33-28-43(29-34-47)42-16-5-3-6-17-42)48-35-30-44(31-36-48)45-32-38-53-51-21-10-13-25-57(51)64(60(53)40-45,46-18-7-4-8-19-46)58-26-15-23-55-54-22-11-14-27-61(54)66-62(55)58/h3-41H,1-2H3. The molecule has 13 rings (SSSR count). The van der Waals surface area contributed by atoms with E-state index in [1.54, 1.807) is 0 Å². The van der Waals surface area contributed by atoms with E-state index in [1.807, 2.05) is 0 Å². The number of furan rings is 1. The van der Waals surface area contributed by atoms with Gasteiger partial charge in [0.15, 0.2) is 0 Å². The lowest BCUT2D eigenvalue weighted by Crippen LogP contribution is -2.28. The van der Waals surface area contributed by atoms with E-state index in [9.17, 15) is 0 Å². The Morgan fingerprint density at radius 1 is 0.333 bits per heavy atom. The van der Waals surface area contributed by atoms with E-state index in [1.165, 1.54) is 66.8 Å². The molecular formula is C64H45NO. The van der Waals surface area contributed by atoms with Crippen LogP contribution in [0, 0.1) is 0 Å². The highest BCUT2D eigenvalue weighted by Crippen LogP contribution is 2.58. The zero-order valence-corrected chi connectivity index (χ0v) is 36.9. The quantitative estimate of drug-likeness (QED) is 0.159. The van der Waals surface area contributed by atoms with Gasteiger partial charge in [-0.1, -0.05) is 202 Å². The van der Waals surface area contributed by atoms with Crippen LogP contribution < -0.4 is 4.90 Å². The van der Waals surface area contributed by atoms with Gasteiger partial charge in [-0.15, -0.1) is 0 Å². The summed E-state index contributed by atoms with van der Waals surface area (Å²) in [5.41, 5.74) is 21.9. The summed E-state index contributed by atoms with van der Waals surface area (Å²) in [5, 5.41) is 2.26. The molecule has 312 valence electrons. The lowest BCUT2D eigenvalue weighted by molar-refractivity contribution is 0.648. The first-order chi connectivity index (χ1) is 32.5. The van der Waals surface area contributed by atoms with Crippen molar-refractivity contribution in [3.05, 3.63) is 270 Å². The molecule has 66 heavy (non-hydrogen) atoms. The van der Waals surface area contributed by atoms with Crippen LogP contribution in [0.3, 0.4) is 0 Å². The Labute approximate surface area is 385 Å². The van der Waals surface area contributed by atoms with Gasteiger partial charge < -0.3 is 9.32 Å². The Morgan fingerprint density at radius 2 is 0.833 bits per heavy atom. The summed E-state index contributed by atoms with van der Waals surface area (Å²) in [6.45, 7) is 4.71. The molecule has 0 saturated heterocycles.